The lowest BCUT2D eigenvalue weighted by atomic mass is 10.0. The molecule has 4 rings (SSSR count). The van der Waals surface area contributed by atoms with Crippen molar-refractivity contribution in [3.8, 4) is 16.9 Å². The van der Waals surface area contributed by atoms with E-state index in [9.17, 15) is 19.7 Å². The Morgan fingerprint density at radius 3 is 2.19 bits per heavy atom. The van der Waals surface area contributed by atoms with E-state index in [0.717, 1.165) is 5.56 Å². The highest BCUT2D eigenvalue weighted by Gasteiger charge is 2.32. The van der Waals surface area contributed by atoms with E-state index in [-0.39, 0.29) is 28.2 Å². The highest BCUT2D eigenvalue weighted by molar-refractivity contribution is 7.98. The number of nitro benzene ring substituents is 1. The molecule has 4 aromatic rings. The lowest BCUT2D eigenvalue weighted by Gasteiger charge is -2.07. The highest BCUT2D eigenvalue weighted by Crippen LogP contribution is 2.37. The molecule has 1 aromatic heterocycles. The quantitative estimate of drug-likeness (QED) is 0.138. The lowest BCUT2D eigenvalue weighted by Crippen LogP contribution is -2.15. The van der Waals surface area contributed by atoms with Crippen LogP contribution in [0.2, 0.25) is 0 Å². The standard InChI is InChI=1S/C26H21N3O6S/c1-34-25(30)22-23(27-28(24(22)26(31)35-2)19-11-7-4-8-12-19)18-13-14-21(20(15-18)29(32)33)36-16-17-9-5-3-6-10-17/h3-15H,16H2,1-2H3. The third kappa shape index (κ3) is 4.98. The fourth-order valence-electron chi connectivity index (χ4n) is 3.62. The minimum atomic E-state index is -0.822. The van der Waals surface area contributed by atoms with Crippen LogP contribution in [0.3, 0.4) is 0 Å². The van der Waals surface area contributed by atoms with Gasteiger partial charge in [-0.2, -0.15) is 5.10 Å². The number of carbonyl (C=O) groups is 2. The van der Waals surface area contributed by atoms with Gasteiger partial charge in [-0.3, -0.25) is 10.1 Å². The highest BCUT2D eigenvalue weighted by atomic mass is 32.2. The van der Waals surface area contributed by atoms with E-state index in [1.165, 1.54) is 36.7 Å². The predicted octanol–water partition coefficient (Wildman–Crippen LogP) is 5.31. The molecular formula is C26H21N3O6S. The number of thioether (sulfide) groups is 1. The van der Waals surface area contributed by atoms with Crippen LogP contribution in [0.5, 0.6) is 0 Å². The smallest absolute Gasteiger partial charge is 0.357 e. The fourth-order valence-corrected chi connectivity index (χ4v) is 4.58. The molecule has 3 aromatic carbocycles. The topological polar surface area (TPSA) is 114 Å². The molecule has 0 spiro atoms. The number of para-hydroxylation sites is 1. The number of rotatable bonds is 8. The first-order valence-corrected chi connectivity index (χ1v) is 11.7. The maximum absolute atomic E-state index is 12.8. The second kappa shape index (κ2) is 10.9. The molecule has 182 valence electrons. The molecule has 10 heteroatoms. The van der Waals surface area contributed by atoms with Crippen LogP contribution in [-0.4, -0.2) is 40.9 Å². The number of nitro groups is 1. The second-order valence-corrected chi connectivity index (χ2v) is 8.53. The van der Waals surface area contributed by atoms with E-state index < -0.39 is 16.9 Å². The molecule has 0 fully saturated rings. The summed E-state index contributed by atoms with van der Waals surface area (Å²) in [5.74, 6) is -1.08. The zero-order chi connectivity index (χ0) is 25.7. The zero-order valence-corrected chi connectivity index (χ0v) is 20.2. The first kappa shape index (κ1) is 24.7. The average Bonchev–Trinajstić information content (AvgIpc) is 3.32. The van der Waals surface area contributed by atoms with Gasteiger partial charge in [0.1, 0.15) is 11.3 Å². The second-order valence-electron chi connectivity index (χ2n) is 7.52. The van der Waals surface area contributed by atoms with Crippen molar-refractivity contribution in [2.75, 3.05) is 14.2 Å². The van der Waals surface area contributed by atoms with Crippen molar-refractivity contribution < 1.29 is 24.0 Å². The number of benzene rings is 3. The van der Waals surface area contributed by atoms with Gasteiger partial charge in [-0.1, -0.05) is 54.6 Å². The summed E-state index contributed by atoms with van der Waals surface area (Å²) in [7, 11) is 2.37. The Labute approximate surface area is 210 Å². The molecule has 0 unspecified atom stereocenters. The molecule has 36 heavy (non-hydrogen) atoms. The van der Waals surface area contributed by atoms with Gasteiger partial charge < -0.3 is 9.47 Å². The molecule has 0 aliphatic heterocycles. The van der Waals surface area contributed by atoms with Gasteiger partial charge in [0.25, 0.3) is 5.69 Å². The lowest BCUT2D eigenvalue weighted by molar-refractivity contribution is -0.387. The number of hydrogen-bond acceptors (Lipinski definition) is 8. The number of hydrogen-bond donors (Lipinski definition) is 0. The van der Waals surface area contributed by atoms with E-state index in [1.807, 2.05) is 30.3 Å². The van der Waals surface area contributed by atoms with Crippen molar-refractivity contribution in [3.05, 3.63) is 106 Å². The molecule has 0 atom stereocenters. The van der Waals surface area contributed by atoms with Crippen molar-refractivity contribution in [2.45, 2.75) is 10.6 Å². The monoisotopic (exact) mass is 503 g/mol. The number of carbonyl (C=O) groups excluding carboxylic acids is 2. The van der Waals surface area contributed by atoms with Crippen molar-refractivity contribution in [2.24, 2.45) is 0 Å². The summed E-state index contributed by atoms with van der Waals surface area (Å²) in [5, 5.41) is 16.4. The van der Waals surface area contributed by atoms with Gasteiger partial charge in [-0.15, -0.1) is 11.8 Å². The summed E-state index contributed by atoms with van der Waals surface area (Å²) >= 11 is 1.33. The van der Waals surface area contributed by atoms with Crippen LogP contribution < -0.4 is 0 Å². The number of aromatic nitrogens is 2. The third-order valence-corrected chi connectivity index (χ3v) is 6.45. The van der Waals surface area contributed by atoms with Crippen LogP contribution in [-0.2, 0) is 15.2 Å². The summed E-state index contributed by atoms with van der Waals surface area (Å²) in [5.41, 5.74) is 1.44. The normalized spacial score (nSPS) is 10.6. The minimum Gasteiger partial charge on any atom is -0.465 e. The van der Waals surface area contributed by atoms with Crippen LogP contribution in [0.15, 0.2) is 83.8 Å². The van der Waals surface area contributed by atoms with Crippen molar-refractivity contribution in [1.29, 1.82) is 0 Å². The number of ether oxygens (including phenoxy) is 2. The average molecular weight is 504 g/mol. The van der Waals surface area contributed by atoms with Gasteiger partial charge in [-0.05, 0) is 23.8 Å². The SMILES string of the molecule is COC(=O)c1c(-c2ccc(SCc3ccccc3)c([N+](=O)[O-])c2)nn(-c2ccccc2)c1C(=O)OC. The molecule has 0 radical (unpaired) electrons. The fraction of sp³-hybridized carbons (Fsp3) is 0.115. The molecule has 9 nitrogen and oxygen atoms in total. The first-order valence-electron chi connectivity index (χ1n) is 10.7. The van der Waals surface area contributed by atoms with Gasteiger partial charge in [0, 0.05) is 17.4 Å². The van der Waals surface area contributed by atoms with Crippen LogP contribution in [0, 0.1) is 10.1 Å². The Morgan fingerprint density at radius 1 is 0.944 bits per heavy atom. The molecule has 1 heterocycles. The summed E-state index contributed by atoms with van der Waals surface area (Å²) in [4.78, 5) is 37.5. The summed E-state index contributed by atoms with van der Waals surface area (Å²) in [6.07, 6.45) is 0. The molecular weight excluding hydrogens is 482 g/mol. The Morgan fingerprint density at radius 2 is 1.58 bits per heavy atom. The van der Waals surface area contributed by atoms with Gasteiger partial charge in [0.15, 0.2) is 5.69 Å². The third-order valence-electron chi connectivity index (χ3n) is 5.32. The minimum absolute atomic E-state index is 0.0637. The molecule has 0 aliphatic rings. The number of methoxy groups -OCH3 is 2. The zero-order valence-electron chi connectivity index (χ0n) is 19.4. The first-order chi connectivity index (χ1) is 17.4. The number of nitrogens with zero attached hydrogens (tertiary/aromatic N) is 3. The van der Waals surface area contributed by atoms with E-state index in [4.69, 9.17) is 9.47 Å². The molecule has 0 saturated heterocycles. The summed E-state index contributed by atoms with van der Waals surface area (Å²) < 4.78 is 11.1. The van der Waals surface area contributed by atoms with Crippen molar-refractivity contribution in [1.82, 2.24) is 9.78 Å². The van der Waals surface area contributed by atoms with Crippen molar-refractivity contribution >= 4 is 29.4 Å². The molecule has 0 bridgehead atoms. The van der Waals surface area contributed by atoms with Crippen LogP contribution in [0.1, 0.15) is 26.4 Å². The van der Waals surface area contributed by atoms with E-state index in [1.54, 1.807) is 42.5 Å². The molecule has 0 aliphatic carbocycles. The van der Waals surface area contributed by atoms with Gasteiger partial charge in [0.2, 0.25) is 0 Å². The Bertz CT molecular complexity index is 1420. The van der Waals surface area contributed by atoms with Crippen LogP contribution >= 0.6 is 11.8 Å². The Balaban J connectivity index is 1.85. The van der Waals surface area contributed by atoms with Crippen LogP contribution in [0.4, 0.5) is 5.69 Å². The van der Waals surface area contributed by atoms with Gasteiger partial charge in [-0.25, -0.2) is 14.3 Å². The molecule has 0 amide bonds. The van der Waals surface area contributed by atoms with Crippen LogP contribution in [0.25, 0.3) is 16.9 Å². The molecule has 0 N–H and O–H groups in total. The summed E-state index contributed by atoms with van der Waals surface area (Å²) in [6, 6.07) is 22.9. The van der Waals surface area contributed by atoms with Crippen molar-refractivity contribution in [3.63, 3.8) is 0 Å². The Hall–Kier alpha value is -4.44. The predicted molar refractivity (Wildman–Crippen MR) is 134 cm³/mol. The maximum atomic E-state index is 12.8. The largest absolute Gasteiger partial charge is 0.465 e. The maximum Gasteiger partial charge on any atom is 0.357 e. The Kier molecular flexibility index (Phi) is 7.45. The van der Waals surface area contributed by atoms with E-state index in [2.05, 4.69) is 5.10 Å². The summed E-state index contributed by atoms with van der Waals surface area (Å²) in [6.45, 7) is 0. The number of esters is 2. The van der Waals surface area contributed by atoms with Gasteiger partial charge >= 0.3 is 11.9 Å². The van der Waals surface area contributed by atoms with E-state index >= 15 is 0 Å². The molecule has 0 saturated carbocycles. The van der Waals surface area contributed by atoms with E-state index in [0.29, 0.717) is 16.3 Å². The van der Waals surface area contributed by atoms with Gasteiger partial charge in [0.05, 0.1) is 29.7 Å².